The van der Waals surface area contributed by atoms with E-state index in [9.17, 15) is 19.2 Å². The first-order chi connectivity index (χ1) is 14.0. The van der Waals surface area contributed by atoms with Crippen LogP contribution < -0.4 is 10.2 Å². The summed E-state index contributed by atoms with van der Waals surface area (Å²) in [5.74, 6) is -1.31. The van der Waals surface area contributed by atoms with Gasteiger partial charge in [-0.15, -0.1) is 0 Å². The van der Waals surface area contributed by atoms with E-state index in [1.54, 1.807) is 12.1 Å². The van der Waals surface area contributed by atoms with Crippen LogP contribution in [0.2, 0.25) is 0 Å². The van der Waals surface area contributed by atoms with Crippen molar-refractivity contribution in [2.45, 2.75) is 31.7 Å². The number of amides is 4. The molecule has 10 heteroatoms. The molecule has 3 aliphatic heterocycles. The molecule has 4 amide bonds. The lowest BCUT2D eigenvalue weighted by atomic mass is 9.93. The number of nitrogens with one attached hydrogen (secondary N) is 1. The van der Waals surface area contributed by atoms with Crippen LogP contribution >= 0.6 is 30.4 Å². The van der Waals surface area contributed by atoms with Gasteiger partial charge in [0, 0.05) is 46.4 Å². The molecule has 0 spiro atoms. The maximum Gasteiger partial charge on any atom is 0.262 e. The van der Waals surface area contributed by atoms with Crippen molar-refractivity contribution in [2.75, 3.05) is 24.6 Å². The van der Waals surface area contributed by atoms with E-state index in [1.165, 1.54) is 9.21 Å². The quantitative estimate of drug-likeness (QED) is 0.251. The van der Waals surface area contributed by atoms with Gasteiger partial charge in [-0.05, 0) is 43.4 Å². The van der Waals surface area contributed by atoms with Gasteiger partial charge in [0.25, 0.3) is 11.8 Å². The third-order valence-corrected chi connectivity index (χ3v) is 6.65. The highest BCUT2D eigenvalue weighted by atomic mass is 127. The molecule has 1 aromatic rings. The van der Waals surface area contributed by atoms with E-state index >= 15 is 0 Å². The topological polar surface area (TPSA) is 96.0 Å². The number of imide groups is 2. The highest BCUT2D eigenvalue weighted by Gasteiger charge is 2.45. The van der Waals surface area contributed by atoms with Crippen LogP contribution in [0, 0.1) is 5.92 Å². The average Bonchev–Trinajstić information content (AvgIpc) is 2.91. The number of carbonyl (C=O) groups is 4. The number of benzene rings is 1. The fourth-order valence-corrected chi connectivity index (χ4v) is 4.80. The van der Waals surface area contributed by atoms with Crippen molar-refractivity contribution < 1.29 is 23.4 Å². The van der Waals surface area contributed by atoms with Crippen LogP contribution in [0.1, 0.15) is 46.4 Å². The summed E-state index contributed by atoms with van der Waals surface area (Å²) >= 11 is 2.11. The third-order valence-electron chi connectivity index (χ3n) is 5.63. The minimum absolute atomic E-state index is 0.117. The Morgan fingerprint density at radius 3 is 2.62 bits per heavy atom. The third kappa shape index (κ3) is 4.02. The van der Waals surface area contributed by atoms with Crippen LogP contribution in [0.25, 0.3) is 0 Å². The second-order valence-electron chi connectivity index (χ2n) is 7.48. The molecule has 1 atom stereocenters. The molecule has 3 aliphatic rings. The molecule has 1 aromatic carbocycles. The number of hydrogen-bond acceptors (Lipinski definition) is 7. The Hall–Kier alpha value is -1.66. The molecule has 29 heavy (non-hydrogen) atoms. The number of fused-ring (bicyclic) bond motifs is 1. The summed E-state index contributed by atoms with van der Waals surface area (Å²) in [6.07, 6.45) is 2.40. The van der Waals surface area contributed by atoms with Crippen LogP contribution in [0.15, 0.2) is 18.2 Å². The molecule has 0 radical (unpaired) electrons. The van der Waals surface area contributed by atoms with Crippen molar-refractivity contribution in [1.29, 1.82) is 0 Å². The molecular weight excluding hydrogens is 509 g/mol. The molecule has 0 aromatic heterocycles. The van der Waals surface area contributed by atoms with E-state index in [2.05, 4.69) is 31.4 Å². The molecule has 0 saturated carbocycles. The molecule has 2 saturated heterocycles. The number of piperidine rings is 1. The molecule has 3 heterocycles. The summed E-state index contributed by atoms with van der Waals surface area (Å²) in [5, 5.41) is 2.21. The maximum atomic E-state index is 12.9. The number of anilines is 1. The first-order valence-electron chi connectivity index (χ1n) is 9.50. The van der Waals surface area contributed by atoms with Gasteiger partial charge < -0.3 is 9.08 Å². The Balaban J connectivity index is 1.42. The minimum atomic E-state index is -0.931. The van der Waals surface area contributed by atoms with Gasteiger partial charge in [0.15, 0.2) is 0 Å². The van der Waals surface area contributed by atoms with Gasteiger partial charge in [0.2, 0.25) is 11.8 Å². The van der Waals surface area contributed by atoms with Crippen molar-refractivity contribution in [3.8, 4) is 0 Å². The zero-order chi connectivity index (χ0) is 20.5. The van der Waals surface area contributed by atoms with Gasteiger partial charge >= 0.3 is 0 Å². The Labute approximate surface area is 184 Å². The predicted molar refractivity (Wildman–Crippen MR) is 116 cm³/mol. The fraction of sp³-hybridized carbons (Fsp3) is 0.474. The zero-order valence-corrected chi connectivity index (χ0v) is 18.5. The molecule has 1 N–H and O–H groups in total. The molecular formula is C19H20IN3O5S. The second kappa shape index (κ2) is 8.60. The smallest absolute Gasteiger partial charge is 0.262 e. The van der Waals surface area contributed by atoms with E-state index in [0.717, 1.165) is 43.1 Å². The van der Waals surface area contributed by atoms with Gasteiger partial charge in [-0.3, -0.25) is 29.4 Å². The summed E-state index contributed by atoms with van der Waals surface area (Å²) in [6, 6.07) is 4.33. The Bertz CT molecular complexity index is 873. The minimum Gasteiger partial charge on any atom is -0.371 e. The highest BCUT2D eigenvalue weighted by Crippen LogP contribution is 2.33. The molecule has 1 unspecified atom stereocenters. The Kier molecular flexibility index (Phi) is 6.11. The number of nitrogens with zero attached hydrogens (tertiary/aromatic N) is 2. The van der Waals surface area contributed by atoms with Crippen LogP contribution in [0.5, 0.6) is 0 Å². The van der Waals surface area contributed by atoms with Crippen molar-refractivity contribution in [1.82, 2.24) is 10.2 Å². The first kappa shape index (κ1) is 20.6. The van der Waals surface area contributed by atoms with Gasteiger partial charge in [0.1, 0.15) is 6.04 Å². The normalized spacial score (nSPS) is 22.0. The summed E-state index contributed by atoms with van der Waals surface area (Å²) in [7, 11) is 1.35. The summed E-state index contributed by atoms with van der Waals surface area (Å²) in [6.45, 7) is 2.57. The van der Waals surface area contributed by atoms with Crippen LogP contribution in [-0.2, 0) is 13.8 Å². The Morgan fingerprint density at radius 1 is 1.14 bits per heavy atom. The standard InChI is InChI=1S/C19H20IN3O5S/c20-29-28-7-1-2-11-9-22(10-11)12-3-4-13-14(8-12)19(27)23(18(13)26)15-5-6-16(24)21-17(15)25/h3-4,8,11,15H,1-2,5-7,9-10H2,(H,21,24,25). The van der Waals surface area contributed by atoms with Crippen molar-refractivity contribution in [3.05, 3.63) is 29.3 Å². The maximum absolute atomic E-state index is 12.9. The van der Waals surface area contributed by atoms with E-state index < -0.39 is 23.8 Å². The number of rotatable bonds is 7. The number of hydrogen-bond donors (Lipinski definition) is 1. The number of halogens is 1. The lowest BCUT2D eigenvalue weighted by Crippen LogP contribution is -2.54. The van der Waals surface area contributed by atoms with Crippen LogP contribution in [0.4, 0.5) is 5.69 Å². The zero-order valence-electron chi connectivity index (χ0n) is 15.6. The molecule has 2 fully saturated rings. The summed E-state index contributed by atoms with van der Waals surface area (Å²) < 4.78 is 5.28. The lowest BCUT2D eigenvalue weighted by molar-refractivity contribution is -0.136. The SMILES string of the molecule is O=C1CCC(N2C(=O)c3ccc(N4CC(CCCOSI)C4)cc3C2=O)C(=O)N1. The largest absolute Gasteiger partial charge is 0.371 e. The van der Waals surface area contributed by atoms with E-state index in [-0.39, 0.29) is 18.7 Å². The van der Waals surface area contributed by atoms with E-state index in [1.807, 2.05) is 6.07 Å². The predicted octanol–water partition coefficient (Wildman–Crippen LogP) is 2.32. The second-order valence-corrected chi connectivity index (χ2v) is 8.92. The van der Waals surface area contributed by atoms with Crippen LogP contribution in [-0.4, -0.2) is 54.3 Å². The highest BCUT2D eigenvalue weighted by molar-refractivity contribution is 14.2. The van der Waals surface area contributed by atoms with Gasteiger partial charge in [-0.25, -0.2) is 0 Å². The van der Waals surface area contributed by atoms with E-state index in [0.29, 0.717) is 17.0 Å². The molecule has 4 rings (SSSR count). The van der Waals surface area contributed by atoms with Crippen molar-refractivity contribution >= 4 is 59.7 Å². The van der Waals surface area contributed by atoms with E-state index in [4.69, 9.17) is 4.18 Å². The lowest BCUT2D eigenvalue weighted by Gasteiger charge is -2.41. The Morgan fingerprint density at radius 2 is 1.90 bits per heavy atom. The molecule has 0 bridgehead atoms. The van der Waals surface area contributed by atoms with Crippen molar-refractivity contribution in [2.24, 2.45) is 5.92 Å². The van der Waals surface area contributed by atoms with Gasteiger partial charge in [0.05, 0.1) is 26.9 Å². The first-order valence-corrected chi connectivity index (χ1v) is 12.8. The average molecular weight is 529 g/mol. The van der Waals surface area contributed by atoms with Gasteiger partial charge in [-0.1, -0.05) is 0 Å². The monoisotopic (exact) mass is 529 g/mol. The number of carbonyl (C=O) groups excluding carboxylic acids is 4. The fourth-order valence-electron chi connectivity index (χ4n) is 4.08. The summed E-state index contributed by atoms with van der Waals surface area (Å²) in [4.78, 5) is 52.3. The molecule has 8 nitrogen and oxygen atoms in total. The summed E-state index contributed by atoms with van der Waals surface area (Å²) in [5.41, 5.74) is 1.55. The van der Waals surface area contributed by atoms with Crippen molar-refractivity contribution in [3.63, 3.8) is 0 Å². The van der Waals surface area contributed by atoms with Crippen LogP contribution in [0.3, 0.4) is 0 Å². The molecule has 154 valence electrons. The van der Waals surface area contributed by atoms with Gasteiger partial charge in [-0.2, -0.15) is 0 Å². The molecule has 0 aliphatic carbocycles.